The summed E-state index contributed by atoms with van der Waals surface area (Å²) in [7, 11) is -4.36. The number of hydrogen-bond acceptors (Lipinski definition) is 6. The number of hydrogen-bond donors (Lipinski definition) is 1. The third kappa shape index (κ3) is 7.67. The molecule has 1 atom stereocenters. The Labute approximate surface area is 257 Å². The van der Waals surface area contributed by atoms with Crippen LogP contribution in [0.5, 0.6) is 0 Å². The molecular formula is C33H34N4O6S. The Morgan fingerprint density at radius 2 is 1.52 bits per heavy atom. The summed E-state index contributed by atoms with van der Waals surface area (Å²) in [5, 5.41) is 14.4. The lowest BCUT2D eigenvalue weighted by Gasteiger charge is -2.34. The van der Waals surface area contributed by atoms with Crippen molar-refractivity contribution in [1.82, 2.24) is 10.2 Å². The van der Waals surface area contributed by atoms with Crippen molar-refractivity contribution in [3.05, 3.63) is 136 Å². The minimum absolute atomic E-state index is 0.0360. The Morgan fingerprint density at radius 3 is 2.16 bits per heavy atom. The number of aryl methyl sites for hydroxylation is 1. The number of benzene rings is 4. The van der Waals surface area contributed by atoms with Crippen LogP contribution in [0.15, 0.2) is 114 Å². The van der Waals surface area contributed by atoms with Gasteiger partial charge in [0.25, 0.3) is 15.7 Å². The smallest absolute Gasteiger partial charge is 0.271 e. The zero-order chi connectivity index (χ0) is 31.7. The average molecular weight is 615 g/mol. The Kier molecular flexibility index (Phi) is 10.5. The number of sulfonamides is 1. The van der Waals surface area contributed by atoms with E-state index in [1.807, 2.05) is 61.5 Å². The van der Waals surface area contributed by atoms with E-state index in [0.717, 1.165) is 27.1 Å². The van der Waals surface area contributed by atoms with E-state index in [2.05, 4.69) is 5.32 Å². The fourth-order valence-corrected chi connectivity index (χ4v) is 6.25. The second-order valence-corrected chi connectivity index (χ2v) is 12.0. The number of amides is 2. The van der Waals surface area contributed by atoms with Gasteiger partial charge in [-0.15, -0.1) is 0 Å². The van der Waals surface area contributed by atoms with Gasteiger partial charge >= 0.3 is 0 Å². The summed E-state index contributed by atoms with van der Waals surface area (Å²) in [6.07, 6.45) is 0.187. The Hall–Kier alpha value is -5.03. The number of likely N-dealkylation sites (N-methyl/N-ethyl adjacent to an activating group) is 1. The minimum Gasteiger partial charge on any atom is -0.355 e. The van der Waals surface area contributed by atoms with Gasteiger partial charge in [-0.05, 0) is 48.7 Å². The van der Waals surface area contributed by atoms with Crippen molar-refractivity contribution >= 4 is 33.2 Å². The number of carbonyl (C=O) groups excluding carboxylic acids is 2. The van der Waals surface area contributed by atoms with Crippen LogP contribution < -0.4 is 9.62 Å². The highest BCUT2D eigenvalue weighted by Gasteiger charge is 2.35. The van der Waals surface area contributed by atoms with Crippen LogP contribution in [0.2, 0.25) is 0 Å². The molecule has 1 unspecified atom stereocenters. The molecule has 2 amide bonds. The van der Waals surface area contributed by atoms with E-state index >= 15 is 0 Å². The molecule has 0 bridgehead atoms. The largest absolute Gasteiger partial charge is 0.355 e. The third-order valence-electron chi connectivity index (χ3n) is 7.16. The third-order valence-corrected chi connectivity index (χ3v) is 8.95. The maximum atomic E-state index is 14.4. The fourth-order valence-electron chi connectivity index (χ4n) is 4.83. The summed E-state index contributed by atoms with van der Waals surface area (Å²) >= 11 is 0. The number of rotatable bonds is 13. The van der Waals surface area contributed by atoms with E-state index < -0.39 is 33.4 Å². The van der Waals surface area contributed by atoms with Gasteiger partial charge in [0.2, 0.25) is 11.8 Å². The topological polar surface area (TPSA) is 130 Å². The van der Waals surface area contributed by atoms with Crippen LogP contribution in [0, 0.1) is 17.0 Å². The molecule has 0 aromatic heterocycles. The molecule has 0 radical (unpaired) electrons. The SMILES string of the molecule is CCNC(=O)C(Cc1ccccc1)N(Cc1ccccc1C)C(=O)CN(c1cccc([N+](=O)[O-])c1)S(=O)(=O)c1ccccc1. The molecule has 0 aliphatic carbocycles. The predicted molar refractivity (Wildman–Crippen MR) is 168 cm³/mol. The van der Waals surface area contributed by atoms with Crippen molar-refractivity contribution in [1.29, 1.82) is 0 Å². The first-order valence-corrected chi connectivity index (χ1v) is 15.5. The van der Waals surface area contributed by atoms with Crippen molar-refractivity contribution in [2.75, 3.05) is 17.4 Å². The first kappa shape index (κ1) is 31.9. The van der Waals surface area contributed by atoms with Gasteiger partial charge in [0.1, 0.15) is 12.6 Å². The molecule has 0 aliphatic rings. The summed E-state index contributed by atoms with van der Waals surface area (Å²) in [5.74, 6) is -1.03. The van der Waals surface area contributed by atoms with E-state index in [4.69, 9.17) is 0 Å². The normalized spacial score (nSPS) is 11.8. The molecule has 0 saturated heterocycles. The molecular weight excluding hydrogens is 580 g/mol. The van der Waals surface area contributed by atoms with Crippen LogP contribution in [0.25, 0.3) is 0 Å². The van der Waals surface area contributed by atoms with Gasteiger partial charge in [-0.3, -0.25) is 24.0 Å². The van der Waals surface area contributed by atoms with Crippen LogP contribution in [-0.2, 0) is 32.6 Å². The molecule has 4 aromatic carbocycles. The molecule has 228 valence electrons. The van der Waals surface area contributed by atoms with Crippen LogP contribution in [0.1, 0.15) is 23.6 Å². The lowest BCUT2D eigenvalue weighted by molar-refractivity contribution is -0.384. The average Bonchev–Trinajstić information content (AvgIpc) is 3.03. The van der Waals surface area contributed by atoms with Crippen molar-refractivity contribution in [3.63, 3.8) is 0 Å². The summed E-state index contributed by atoms with van der Waals surface area (Å²) in [6.45, 7) is 3.34. The Bertz CT molecular complexity index is 1710. The Balaban J connectivity index is 1.83. The zero-order valence-corrected chi connectivity index (χ0v) is 25.3. The molecule has 0 heterocycles. The standard InChI is InChI=1S/C33H34N4O6S/c1-3-34-33(39)31(21-26-14-6-4-7-15-26)35(23-27-16-11-10-13-25(27)2)32(38)24-36(28-17-12-18-29(22-28)37(40)41)44(42,43)30-19-8-5-9-20-30/h4-20,22,31H,3,21,23-24H2,1-2H3,(H,34,39). The van der Waals surface area contributed by atoms with Crippen LogP contribution in [0.3, 0.4) is 0 Å². The molecule has 1 N–H and O–H groups in total. The van der Waals surface area contributed by atoms with Gasteiger partial charge in [0.05, 0.1) is 15.5 Å². The van der Waals surface area contributed by atoms with Crippen LogP contribution >= 0.6 is 0 Å². The lowest BCUT2D eigenvalue weighted by atomic mass is 10.0. The number of anilines is 1. The highest BCUT2D eigenvalue weighted by molar-refractivity contribution is 7.92. The van der Waals surface area contributed by atoms with E-state index in [9.17, 15) is 28.1 Å². The summed E-state index contributed by atoms with van der Waals surface area (Å²) in [5.41, 5.74) is 2.12. The molecule has 10 nitrogen and oxygen atoms in total. The van der Waals surface area contributed by atoms with Crippen molar-refractivity contribution in [2.45, 2.75) is 37.8 Å². The summed E-state index contributed by atoms with van der Waals surface area (Å²) < 4.78 is 28.8. The van der Waals surface area contributed by atoms with Gasteiger partial charge in [-0.25, -0.2) is 8.42 Å². The first-order valence-electron chi connectivity index (χ1n) is 14.1. The maximum Gasteiger partial charge on any atom is 0.271 e. The minimum atomic E-state index is -4.36. The second kappa shape index (κ2) is 14.4. The monoisotopic (exact) mass is 614 g/mol. The molecule has 4 rings (SSSR count). The second-order valence-electron chi connectivity index (χ2n) is 10.1. The van der Waals surface area contributed by atoms with Gasteiger partial charge in [0.15, 0.2) is 0 Å². The van der Waals surface area contributed by atoms with E-state index in [0.29, 0.717) is 6.54 Å². The number of non-ortho nitro benzene ring substituents is 1. The summed E-state index contributed by atoms with van der Waals surface area (Å²) in [4.78, 5) is 40.2. The highest BCUT2D eigenvalue weighted by Crippen LogP contribution is 2.28. The molecule has 0 fully saturated rings. The summed E-state index contributed by atoms with van der Waals surface area (Å²) in [6, 6.07) is 28.4. The Morgan fingerprint density at radius 1 is 0.886 bits per heavy atom. The quantitative estimate of drug-likeness (QED) is 0.169. The number of nitrogens with zero attached hydrogens (tertiary/aromatic N) is 3. The molecule has 4 aromatic rings. The van der Waals surface area contributed by atoms with Crippen molar-refractivity contribution in [3.8, 4) is 0 Å². The first-order chi connectivity index (χ1) is 21.1. The van der Waals surface area contributed by atoms with Crippen LogP contribution in [0.4, 0.5) is 11.4 Å². The van der Waals surface area contributed by atoms with Gasteiger partial charge < -0.3 is 10.2 Å². The van der Waals surface area contributed by atoms with E-state index in [1.54, 1.807) is 25.1 Å². The molecule has 0 spiro atoms. The van der Waals surface area contributed by atoms with Crippen LogP contribution in [-0.4, -0.2) is 49.2 Å². The highest BCUT2D eigenvalue weighted by atomic mass is 32.2. The molecule has 44 heavy (non-hydrogen) atoms. The van der Waals surface area contributed by atoms with Gasteiger partial charge in [0, 0.05) is 31.6 Å². The van der Waals surface area contributed by atoms with Gasteiger partial charge in [-0.2, -0.15) is 0 Å². The number of nitro groups is 1. The zero-order valence-electron chi connectivity index (χ0n) is 24.5. The number of nitrogens with one attached hydrogen (secondary N) is 1. The van der Waals surface area contributed by atoms with E-state index in [1.165, 1.54) is 35.2 Å². The number of carbonyl (C=O) groups is 2. The fraction of sp³-hybridized carbons (Fsp3) is 0.212. The predicted octanol–water partition coefficient (Wildman–Crippen LogP) is 4.87. The number of nitro benzene ring substituents is 1. The maximum absolute atomic E-state index is 14.4. The molecule has 0 saturated carbocycles. The van der Waals surface area contributed by atoms with Crippen molar-refractivity contribution < 1.29 is 22.9 Å². The molecule has 11 heteroatoms. The van der Waals surface area contributed by atoms with Crippen molar-refractivity contribution in [2.24, 2.45) is 0 Å². The molecule has 0 aliphatic heterocycles. The van der Waals surface area contributed by atoms with E-state index in [-0.39, 0.29) is 35.1 Å². The van der Waals surface area contributed by atoms with Gasteiger partial charge in [-0.1, -0.05) is 78.9 Å². The lowest BCUT2D eigenvalue weighted by Crippen LogP contribution is -2.53.